The highest BCUT2D eigenvalue weighted by atomic mass is 35.5. The second-order valence-corrected chi connectivity index (χ2v) is 6.49. The number of anilines is 1. The number of benzene rings is 2. The number of nitro groups is 1. The average Bonchev–Trinajstić information content (AvgIpc) is 2.57. The summed E-state index contributed by atoms with van der Waals surface area (Å²) < 4.78 is 0. The van der Waals surface area contributed by atoms with E-state index in [0.29, 0.717) is 10.6 Å². The zero-order chi connectivity index (χ0) is 19.4. The monoisotopic (exact) mass is 429 g/mol. The van der Waals surface area contributed by atoms with Crippen molar-refractivity contribution in [3.05, 3.63) is 71.7 Å². The van der Waals surface area contributed by atoms with Gasteiger partial charge < -0.3 is 5.32 Å². The summed E-state index contributed by atoms with van der Waals surface area (Å²) in [6, 6.07) is 8.38. The van der Waals surface area contributed by atoms with Crippen molar-refractivity contribution in [2.45, 2.75) is 0 Å². The summed E-state index contributed by atoms with van der Waals surface area (Å²) in [6.07, 6.45) is 1.27. The molecule has 0 spiro atoms. The zero-order valence-corrected chi connectivity index (χ0v) is 15.6. The van der Waals surface area contributed by atoms with E-state index in [4.69, 9.17) is 46.4 Å². The Morgan fingerprint density at radius 2 is 1.73 bits per heavy atom. The molecular formula is C16H7Cl4N3O3. The number of non-ortho nitro benzene ring substituents is 1. The Balaban J connectivity index is 2.35. The minimum absolute atomic E-state index is 0.0488. The Bertz CT molecular complexity index is 960. The van der Waals surface area contributed by atoms with Crippen molar-refractivity contribution in [1.29, 1.82) is 5.26 Å². The van der Waals surface area contributed by atoms with Gasteiger partial charge in [0, 0.05) is 22.2 Å². The number of nitriles is 1. The van der Waals surface area contributed by atoms with Crippen LogP contribution in [0.15, 0.2) is 35.9 Å². The fraction of sp³-hybridized carbons (Fsp3) is 0. The number of hydrogen-bond acceptors (Lipinski definition) is 4. The topological polar surface area (TPSA) is 96.0 Å². The molecule has 0 saturated carbocycles. The largest absolute Gasteiger partial charge is 0.319 e. The van der Waals surface area contributed by atoms with Gasteiger partial charge in [-0.1, -0.05) is 52.5 Å². The van der Waals surface area contributed by atoms with Crippen LogP contribution in [-0.2, 0) is 4.79 Å². The van der Waals surface area contributed by atoms with E-state index in [9.17, 15) is 20.2 Å². The predicted molar refractivity (Wildman–Crippen MR) is 102 cm³/mol. The van der Waals surface area contributed by atoms with Gasteiger partial charge in [0.15, 0.2) is 0 Å². The van der Waals surface area contributed by atoms with Crippen LogP contribution >= 0.6 is 46.4 Å². The lowest BCUT2D eigenvalue weighted by molar-refractivity contribution is -0.384. The van der Waals surface area contributed by atoms with E-state index < -0.39 is 10.8 Å². The molecule has 1 N–H and O–H groups in total. The number of halogens is 4. The molecule has 0 aliphatic rings. The van der Waals surface area contributed by atoms with Crippen LogP contribution in [0.25, 0.3) is 6.08 Å². The Kier molecular flexibility index (Phi) is 6.46. The number of nitro benzene ring substituents is 1. The van der Waals surface area contributed by atoms with E-state index in [2.05, 4.69) is 5.32 Å². The third-order valence-corrected chi connectivity index (χ3v) is 4.26. The molecule has 0 unspecified atom stereocenters. The minimum Gasteiger partial charge on any atom is -0.319 e. The van der Waals surface area contributed by atoms with Crippen LogP contribution in [0, 0.1) is 21.4 Å². The number of carbonyl (C=O) groups is 1. The first kappa shape index (κ1) is 20.0. The van der Waals surface area contributed by atoms with Crippen molar-refractivity contribution in [3.63, 3.8) is 0 Å². The summed E-state index contributed by atoms with van der Waals surface area (Å²) >= 11 is 23.7. The Morgan fingerprint density at radius 1 is 1.12 bits per heavy atom. The van der Waals surface area contributed by atoms with E-state index >= 15 is 0 Å². The second kappa shape index (κ2) is 8.39. The zero-order valence-electron chi connectivity index (χ0n) is 12.6. The van der Waals surface area contributed by atoms with E-state index in [1.165, 1.54) is 12.1 Å². The van der Waals surface area contributed by atoms with Gasteiger partial charge in [0.05, 0.1) is 20.7 Å². The Hall–Kier alpha value is -2.30. The van der Waals surface area contributed by atoms with E-state index in [-0.39, 0.29) is 32.0 Å². The second-order valence-electron chi connectivity index (χ2n) is 4.83. The van der Waals surface area contributed by atoms with Gasteiger partial charge in [-0.15, -0.1) is 0 Å². The molecule has 0 aliphatic heterocycles. The highest BCUT2D eigenvalue weighted by Gasteiger charge is 2.18. The van der Waals surface area contributed by atoms with Crippen LogP contribution in [0.3, 0.4) is 0 Å². The maximum Gasteiger partial charge on any atom is 0.272 e. The summed E-state index contributed by atoms with van der Waals surface area (Å²) in [5.41, 5.74) is -0.252. The van der Waals surface area contributed by atoms with Crippen LogP contribution in [0.4, 0.5) is 11.4 Å². The molecule has 1 amide bonds. The minimum atomic E-state index is -0.809. The standard InChI is InChI=1S/C16H7Cl4N3O3/c17-10-2-1-8(12(18)4-10)3-9(7-21)16(24)22-15-13(19)5-11(23(25)26)6-14(15)20/h1-6H,(H,22,24)/b9-3+. The first-order valence-electron chi connectivity index (χ1n) is 6.74. The smallest absolute Gasteiger partial charge is 0.272 e. The van der Waals surface area contributed by atoms with Crippen LogP contribution < -0.4 is 5.32 Å². The molecule has 0 fully saturated rings. The summed E-state index contributed by atoms with van der Waals surface area (Å²) in [5, 5.41) is 22.8. The third kappa shape index (κ3) is 4.65. The van der Waals surface area contributed by atoms with Gasteiger partial charge in [0.2, 0.25) is 0 Å². The SMILES string of the molecule is N#C/C(=C\c1ccc(Cl)cc1Cl)C(=O)Nc1c(Cl)cc([N+](=O)[O-])cc1Cl. The van der Waals surface area contributed by atoms with Crippen molar-refractivity contribution in [2.75, 3.05) is 5.32 Å². The number of rotatable bonds is 4. The van der Waals surface area contributed by atoms with Gasteiger partial charge in [-0.2, -0.15) is 5.26 Å². The molecule has 0 saturated heterocycles. The summed E-state index contributed by atoms with van der Waals surface area (Å²) in [6.45, 7) is 0. The maximum absolute atomic E-state index is 12.3. The van der Waals surface area contributed by atoms with E-state index in [0.717, 1.165) is 12.1 Å². The van der Waals surface area contributed by atoms with E-state index in [1.54, 1.807) is 18.2 Å². The number of nitrogens with zero attached hydrogens (tertiary/aromatic N) is 2. The van der Waals surface area contributed by atoms with Crippen molar-refractivity contribution in [1.82, 2.24) is 0 Å². The molecule has 6 nitrogen and oxygen atoms in total. The predicted octanol–water partition coefficient (Wildman–Crippen LogP) is 5.75. The fourth-order valence-corrected chi connectivity index (χ4v) is 2.92. The van der Waals surface area contributed by atoms with Gasteiger partial charge in [0.25, 0.3) is 11.6 Å². The molecule has 0 aromatic heterocycles. The molecule has 2 rings (SSSR count). The molecule has 0 aliphatic carbocycles. The molecule has 0 heterocycles. The number of nitrogens with one attached hydrogen (secondary N) is 1. The molecular weight excluding hydrogens is 424 g/mol. The van der Waals surface area contributed by atoms with Gasteiger partial charge >= 0.3 is 0 Å². The van der Waals surface area contributed by atoms with Crippen LogP contribution in [0.2, 0.25) is 20.1 Å². The van der Waals surface area contributed by atoms with Crippen molar-refractivity contribution < 1.29 is 9.72 Å². The molecule has 26 heavy (non-hydrogen) atoms. The lowest BCUT2D eigenvalue weighted by Crippen LogP contribution is -2.14. The average molecular weight is 431 g/mol. The number of hydrogen-bond donors (Lipinski definition) is 1. The molecule has 2 aromatic carbocycles. The molecule has 2 aromatic rings. The Morgan fingerprint density at radius 3 is 2.23 bits per heavy atom. The Labute approximate surface area is 167 Å². The first-order chi connectivity index (χ1) is 12.2. The third-order valence-electron chi connectivity index (χ3n) is 3.10. The molecule has 0 radical (unpaired) electrons. The fourth-order valence-electron chi connectivity index (χ4n) is 1.89. The van der Waals surface area contributed by atoms with Gasteiger partial charge in [-0.3, -0.25) is 14.9 Å². The van der Waals surface area contributed by atoms with Gasteiger partial charge in [0.1, 0.15) is 11.6 Å². The summed E-state index contributed by atoms with van der Waals surface area (Å²) in [4.78, 5) is 22.4. The molecule has 132 valence electrons. The molecule has 0 bridgehead atoms. The normalized spacial score (nSPS) is 11.0. The first-order valence-corrected chi connectivity index (χ1v) is 8.25. The number of amides is 1. The lowest BCUT2D eigenvalue weighted by Gasteiger charge is -2.09. The van der Waals surface area contributed by atoms with Gasteiger partial charge in [-0.05, 0) is 23.8 Å². The van der Waals surface area contributed by atoms with Crippen molar-refractivity contribution in [2.24, 2.45) is 0 Å². The quantitative estimate of drug-likeness (QED) is 0.289. The van der Waals surface area contributed by atoms with Crippen LogP contribution in [0.5, 0.6) is 0 Å². The summed E-state index contributed by atoms with van der Waals surface area (Å²) in [5.74, 6) is -0.809. The van der Waals surface area contributed by atoms with E-state index in [1.807, 2.05) is 0 Å². The van der Waals surface area contributed by atoms with Gasteiger partial charge in [-0.25, -0.2) is 0 Å². The van der Waals surface area contributed by atoms with Crippen LogP contribution in [0.1, 0.15) is 5.56 Å². The maximum atomic E-state index is 12.3. The van der Waals surface area contributed by atoms with Crippen molar-refractivity contribution in [3.8, 4) is 6.07 Å². The molecule has 10 heteroatoms. The highest BCUT2D eigenvalue weighted by molar-refractivity contribution is 6.40. The van der Waals surface area contributed by atoms with Crippen LogP contribution in [-0.4, -0.2) is 10.8 Å². The molecule has 0 atom stereocenters. The lowest BCUT2D eigenvalue weighted by atomic mass is 10.1. The highest BCUT2D eigenvalue weighted by Crippen LogP contribution is 2.35. The number of carbonyl (C=O) groups excluding carboxylic acids is 1. The summed E-state index contributed by atoms with van der Waals surface area (Å²) in [7, 11) is 0. The van der Waals surface area contributed by atoms with Crippen molar-refractivity contribution >= 4 is 69.8 Å².